The number of carboxylic acid groups (broad SMARTS) is 1. The summed E-state index contributed by atoms with van der Waals surface area (Å²) < 4.78 is 38.5. The quantitative estimate of drug-likeness (QED) is 0.749. The summed E-state index contributed by atoms with van der Waals surface area (Å²) in [6.07, 6.45) is -6.64. The minimum absolute atomic E-state index is 0.0246. The molecule has 2 aliphatic rings. The van der Waals surface area contributed by atoms with Crippen LogP contribution in [0.3, 0.4) is 0 Å². The van der Waals surface area contributed by atoms with Gasteiger partial charge in [-0.2, -0.15) is 13.2 Å². The zero-order valence-corrected chi connectivity index (χ0v) is 13.5. The summed E-state index contributed by atoms with van der Waals surface area (Å²) >= 11 is 0. The molecule has 0 radical (unpaired) electrons. The van der Waals surface area contributed by atoms with Crippen LogP contribution >= 0.6 is 0 Å². The van der Waals surface area contributed by atoms with Gasteiger partial charge in [-0.1, -0.05) is 17.3 Å². The van der Waals surface area contributed by atoms with E-state index in [0.717, 1.165) is 12.1 Å². The number of benzene rings is 1. The van der Waals surface area contributed by atoms with Gasteiger partial charge >= 0.3 is 12.3 Å². The minimum Gasteiger partial charge on any atom is -0.465 e. The molecule has 26 heavy (non-hydrogen) atoms. The van der Waals surface area contributed by atoms with E-state index in [1.165, 1.54) is 12.1 Å². The number of carbonyl (C=O) groups is 2. The molecule has 140 valence electrons. The maximum absolute atomic E-state index is 12.8. The van der Waals surface area contributed by atoms with Gasteiger partial charge in [-0.3, -0.25) is 4.79 Å². The second-order valence-electron chi connectivity index (χ2n) is 6.22. The molecule has 2 heterocycles. The SMILES string of the molecule is O=C(O)N[C@@]1(C(=O)C2CC(c3cccc(C(F)(F)F)c3)=NO2)CCNC1. The summed E-state index contributed by atoms with van der Waals surface area (Å²) in [5.41, 5.74) is -1.72. The van der Waals surface area contributed by atoms with Gasteiger partial charge in [0, 0.05) is 18.5 Å². The topological polar surface area (TPSA) is 100 Å². The maximum atomic E-state index is 12.8. The van der Waals surface area contributed by atoms with Crippen LogP contribution in [0.15, 0.2) is 29.4 Å². The second kappa shape index (κ2) is 6.60. The van der Waals surface area contributed by atoms with Crippen LogP contribution in [0, 0.1) is 0 Å². The number of oxime groups is 1. The third-order valence-corrected chi connectivity index (χ3v) is 4.46. The molecule has 1 fully saturated rings. The number of alkyl halides is 3. The van der Waals surface area contributed by atoms with E-state index in [1.54, 1.807) is 0 Å². The highest BCUT2D eigenvalue weighted by molar-refractivity contribution is 6.06. The van der Waals surface area contributed by atoms with Gasteiger partial charge < -0.3 is 20.6 Å². The van der Waals surface area contributed by atoms with Gasteiger partial charge in [-0.15, -0.1) is 0 Å². The Hall–Kier alpha value is -2.62. The summed E-state index contributed by atoms with van der Waals surface area (Å²) in [6, 6.07) is 4.59. The largest absolute Gasteiger partial charge is 0.465 e. The van der Waals surface area contributed by atoms with Crippen molar-refractivity contribution in [3.05, 3.63) is 35.4 Å². The molecule has 2 atom stereocenters. The van der Waals surface area contributed by atoms with E-state index in [1.807, 2.05) is 0 Å². The molecule has 0 aliphatic carbocycles. The standard InChI is InChI=1S/C16H16F3N3O4/c17-16(18,19)10-3-1-2-9(6-10)11-7-12(26-22-11)13(23)15(21-14(24)25)4-5-20-8-15/h1-3,6,12,20-21H,4-5,7-8H2,(H,24,25)/t12?,15-/m0/s1. The third kappa shape index (κ3) is 3.50. The summed E-state index contributed by atoms with van der Waals surface area (Å²) in [4.78, 5) is 28.9. The number of nitrogens with zero attached hydrogens (tertiary/aromatic N) is 1. The Bertz CT molecular complexity index is 757. The molecule has 2 aliphatic heterocycles. The van der Waals surface area contributed by atoms with Crippen LogP contribution in [0.5, 0.6) is 0 Å². The van der Waals surface area contributed by atoms with Crippen LogP contribution in [0.4, 0.5) is 18.0 Å². The van der Waals surface area contributed by atoms with Crippen LogP contribution in [0.2, 0.25) is 0 Å². The first-order valence-electron chi connectivity index (χ1n) is 7.88. The highest BCUT2D eigenvalue weighted by Crippen LogP contribution is 2.31. The minimum atomic E-state index is -4.49. The Balaban J connectivity index is 1.75. The molecule has 1 unspecified atom stereocenters. The lowest BCUT2D eigenvalue weighted by Gasteiger charge is -2.28. The third-order valence-electron chi connectivity index (χ3n) is 4.46. The lowest BCUT2D eigenvalue weighted by molar-refractivity contribution is -0.137. The zero-order chi connectivity index (χ0) is 18.9. The Morgan fingerprint density at radius 3 is 2.77 bits per heavy atom. The Kier molecular flexibility index (Phi) is 4.61. The van der Waals surface area contributed by atoms with Crippen molar-refractivity contribution in [1.82, 2.24) is 10.6 Å². The molecule has 0 spiro atoms. The summed E-state index contributed by atoms with van der Waals surface area (Å²) in [5, 5.41) is 17.9. The first-order chi connectivity index (χ1) is 12.2. The molecule has 1 aromatic carbocycles. The van der Waals surface area contributed by atoms with Gasteiger partial charge in [-0.25, -0.2) is 4.79 Å². The predicted molar refractivity (Wildman–Crippen MR) is 83.9 cm³/mol. The summed E-state index contributed by atoms with van der Waals surface area (Å²) in [6.45, 7) is 0.580. The van der Waals surface area contributed by atoms with Crippen LogP contribution in [0.1, 0.15) is 24.0 Å². The number of ketones is 1. The van der Waals surface area contributed by atoms with Crippen LogP contribution in [0.25, 0.3) is 0 Å². The normalized spacial score (nSPS) is 25.5. The molecule has 7 nitrogen and oxygen atoms in total. The van der Waals surface area contributed by atoms with E-state index in [-0.39, 0.29) is 30.7 Å². The summed E-state index contributed by atoms with van der Waals surface area (Å²) in [5.74, 6) is -0.490. The molecule has 3 rings (SSSR count). The van der Waals surface area contributed by atoms with Crippen molar-refractivity contribution in [2.24, 2.45) is 5.16 Å². The molecule has 1 aromatic rings. The van der Waals surface area contributed by atoms with Crippen molar-refractivity contribution < 1.29 is 32.7 Å². The molecule has 3 N–H and O–H groups in total. The second-order valence-corrected chi connectivity index (χ2v) is 6.22. The molecule has 10 heteroatoms. The fourth-order valence-electron chi connectivity index (χ4n) is 3.15. The predicted octanol–water partition coefficient (Wildman–Crippen LogP) is 1.77. The molecule has 1 saturated heterocycles. The number of rotatable bonds is 4. The Morgan fingerprint density at radius 2 is 2.15 bits per heavy atom. The first kappa shape index (κ1) is 18.2. The van der Waals surface area contributed by atoms with Crippen molar-refractivity contribution in [3.8, 4) is 0 Å². The van der Waals surface area contributed by atoms with E-state index in [2.05, 4.69) is 15.8 Å². The zero-order valence-electron chi connectivity index (χ0n) is 13.5. The highest BCUT2D eigenvalue weighted by atomic mass is 19.4. The van der Waals surface area contributed by atoms with Gasteiger partial charge in [0.15, 0.2) is 6.10 Å². The molecular weight excluding hydrogens is 355 g/mol. The van der Waals surface area contributed by atoms with Gasteiger partial charge in [0.05, 0.1) is 11.3 Å². The van der Waals surface area contributed by atoms with E-state index in [9.17, 15) is 22.8 Å². The van der Waals surface area contributed by atoms with Crippen molar-refractivity contribution in [2.45, 2.75) is 30.7 Å². The average Bonchev–Trinajstić information content (AvgIpc) is 3.23. The molecule has 1 amide bonds. The average molecular weight is 371 g/mol. The number of Topliss-reactive ketones (excluding diaryl/α,β-unsaturated/α-hetero) is 1. The monoisotopic (exact) mass is 371 g/mol. The molecule has 0 aromatic heterocycles. The van der Waals surface area contributed by atoms with Gasteiger partial charge in [-0.05, 0) is 25.1 Å². The van der Waals surface area contributed by atoms with Gasteiger partial charge in [0.25, 0.3) is 0 Å². The first-order valence-corrected chi connectivity index (χ1v) is 7.88. The van der Waals surface area contributed by atoms with E-state index in [4.69, 9.17) is 9.94 Å². The van der Waals surface area contributed by atoms with Crippen molar-refractivity contribution in [2.75, 3.05) is 13.1 Å². The highest BCUT2D eigenvalue weighted by Gasteiger charge is 2.48. The molecule has 0 saturated carbocycles. The van der Waals surface area contributed by atoms with Gasteiger partial charge in [0.2, 0.25) is 5.78 Å². The number of nitrogens with one attached hydrogen (secondary N) is 2. The Morgan fingerprint density at radius 1 is 1.38 bits per heavy atom. The lowest BCUT2D eigenvalue weighted by atomic mass is 9.87. The smallest absolute Gasteiger partial charge is 0.416 e. The number of hydrogen-bond donors (Lipinski definition) is 3. The Labute approximate surface area is 146 Å². The number of carbonyl (C=O) groups excluding carboxylic acids is 1. The fraction of sp³-hybridized carbons (Fsp3) is 0.438. The van der Waals surface area contributed by atoms with Crippen LogP contribution < -0.4 is 10.6 Å². The van der Waals surface area contributed by atoms with E-state index < -0.39 is 35.3 Å². The molecular formula is C16H16F3N3O4. The molecule has 0 bridgehead atoms. The lowest BCUT2D eigenvalue weighted by Crippen LogP contribution is -2.58. The van der Waals surface area contributed by atoms with Crippen LogP contribution in [-0.4, -0.2) is 47.4 Å². The number of hydrogen-bond acceptors (Lipinski definition) is 5. The summed E-state index contributed by atoms with van der Waals surface area (Å²) in [7, 11) is 0. The van der Waals surface area contributed by atoms with Gasteiger partial charge in [0.1, 0.15) is 5.54 Å². The van der Waals surface area contributed by atoms with E-state index >= 15 is 0 Å². The number of halogens is 3. The fourth-order valence-corrected chi connectivity index (χ4v) is 3.15. The van der Waals surface area contributed by atoms with Crippen molar-refractivity contribution in [3.63, 3.8) is 0 Å². The van der Waals surface area contributed by atoms with Crippen LogP contribution in [-0.2, 0) is 15.8 Å². The number of amides is 1. The maximum Gasteiger partial charge on any atom is 0.416 e. The van der Waals surface area contributed by atoms with E-state index in [0.29, 0.717) is 6.54 Å². The van der Waals surface area contributed by atoms with Crippen molar-refractivity contribution in [1.29, 1.82) is 0 Å². The van der Waals surface area contributed by atoms with Crippen molar-refractivity contribution >= 4 is 17.6 Å².